The SMILES string of the molecule is CCOC(=O)N/C(=C\C#N)c1ccc(Cl)cc1Cl. The van der Waals surface area contributed by atoms with Gasteiger partial charge in [0.15, 0.2) is 0 Å². The van der Waals surface area contributed by atoms with Crippen LogP contribution in [0.1, 0.15) is 12.5 Å². The summed E-state index contributed by atoms with van der Waals surface area (Å²) in [5.41, 5.74) is 0.758. The molecule has 0 saturated carbocycles. The number of carbonyl (C=O) groups is 1. The summed E-state index contributed by atoms with van der Waals surface area (Å²) in [7, 11) is 0. The first-order valence-corrected chi connectivity index (χ1v) is 5.83. The highest BCUT2D eigenvalue weighted by Gasteiger charge is 2.11. The molecule has 4 nitrogen and oxygen atoms in total. The van der Waals surface area contributed by atoms with E-state index in [0.29, 0.717) is 15.6 Å². The second-order valence-electron chi connectivity index (χ2n) is 3.16. The van der Waals surface area contributed by atoms with Crippen molar-refractivity contribution in [2.45, 2.75) is 6.92 Å². The predicted octanol–water partition coefficient (Wildman–Crippen LogP) is 3.60. The lowest BCUT2D eigenvalue weighted by atomic mass is 10.1. The number of nitriles is 1. The minimum Gasteiger partial charge on any atom is -0.450 e. The van der Waals surface area contributed by atoms with Gasteiger partial charge in [-0.25, -0.2) is 4.79 Å². The maximum atomic E-state index is 11.3. The Balaban J connectivity index is 3.03. The molecule has 1 N–H and O–H groups in total. The number of nitrogens with zero attached hydrogens (tertiary/aromatic N) is 1. The Bertz CT molecular complexity index is 521. The van der Waals surface area contributed by atoms with E-state index in [1.54, 1.807) is 19.1 Å². The zero-order valence-corrected chi connectivity index (χ0v) is 11.0. The average molecular weight is 285 g/mol. The van der Waals surface area contributed by atoms with Crippen LogP contribution in [0.25, 0.3) is 5.70 Å². The molecule has 0 aliphatic rings. The second-order valence-corrected chi connectivity index (χ2v) is 4.00. The number of allylic oxidation sites excluding steroid dienone is 1. The van der Waals surface area contributed by atoms with Gasteiger partial charge in [-0.3, -0.25) is 5.32 Å². The van der Waals surface area contributed by atoms with Gasteiger partial charge in [0, 0.05) is 16.7 Å². The molecular weight excluding hydrogens is 275 g/mol. The summed E-state index contributed by atoms with van der Waals surface area (Å²) in [5, 5.41) is 11.9. The van der Waals surface area contributed by atoms with Crippen LogP contribution in [0.2, 0.25) is 10.0 Å². The van der Waals surface area contributed by atoms with Gasteiger partial charge in [-0.1, -0.05) is 23.2 Å². The third-order valence-electron chi connectivity index (χ3n) is 1.94. The number of nitrogens with one attached hydrogen (secondary N) is 1. The lowest BCUT2D eigenvalue weighted by Crippen LogP contribution is -2.23. The number of halogens is 2. The average Bonchev–Trinajstić information content (AvgIpc) is 2.29. The summed E-state index contributed by atoms with van der Waals surface area (Å²) in [6.07, 6.45) is 0.525. The third kappa shape index (κ3) is 3.95. The van der Waals surface area contributed by atoms with Crippen LogP contribution in [0.5, 0.6) is 0 Å². The van der Waals surface area contributed by atoms with Gasteiger partial charge >= 0.3 is 6.09 Å². The molecule has 6 heteroatoms. The summed E-state index contributed by atoms with van der Waals surface area (Å²) in [4.78, 5) is 11.3. The second kappa shape index (κ2) is 6.90. The largest absolute Gasteiger partial charge is 0.450 e. The lowest BCUT2D eigenvalue weighted by molar-refractivity contribution is 0.157. The van der Waals surface area contributed by atoms with Crippen LogP contribution in [0.15, 0.2) is 24.3 Å². The third-order valence-corrected chi connectivity index (χ3v) is 2.49. The van der Waals surface area contributed by atoms with Crippen molar-refractivity contribution in [2.24, 2.45) is 0 Å². The van der Waals surface area contributed by atoms with Crippen molar-refractivity contribution in [1.29, 1.82) is 5.26 Å². The molecule has 0 aliphatic carbocycles. The Kier molecular flexibility index (Phi) is 5.50. The summed E-state index contributed by atoms with van der Waals surface area (Å²) in [6.45, 7) is 1.92. The monoisotopic (exact) mass is 284 g/mol. The van der Waals surface area contributed by atoms with Gasteiger partial charge in [-0.05, 0) is 25.1 Å². The van der Waals surface area contributed by atoms with E-state index >= 15 is 0 Å². The van der Waals surface area contributed by atoms with Gasteiger partial charge in [0.25, 0.3) is 0 Å². The number of amides is 1. The number of alkyl carbamates (subject to hydrolysis) is 1. The van der Waals surface area contributed by atoms with Crippen LogP contribution in [-0.4, -0.2) is 12.7 Å². The molecule has 1 aromatic rings. The first kappa shape index (κ1) is 14.4. The molecule has 1 aromatic carbocycles. The normalized spacial score (nSPS) is 10.7. The molecule has 94 valence electrons. The van der Waals surface area contributed by atoms with Gasteiger partial charge in [0.05, 0.1) is 23.4 Å². The quantitative estimate of drug-likeness (QED) is 0.863. The van der Waals surface area contributed by atoms with Gasteiger partial charge in [-0.2, -0.15) is 5.26 Å². The van der Waals surface area contributed by atoms with Crippen molar-refractivity contribution >= 4 is 35.0 Å². The number of rotatable bonds is 3. The van der Waals surface area contributed by atoms with Crippen LogP contribution in [0.3, 0.4) is 0 Å². The fraction of sp³-hybridized carbons (Fsp3) is 0.167. The van der Waals surface area contributed by atoms with Crippen LogP contribution < -0.4 is 5.32 Å². The minimum absolute atomic E-state index is 0.236. The molecule has 0 aromatic heterocycles. The van der Waals surface area contributed by atoms with Crippen molar-refractivity contribution in [2.75, 3.05) is 6.61 Å². The van der Waals surface area contributed by atoms with E-state index in [2.05, 4.69) is 5.32 Å². The molecule has 1 rings (SSSR count). The highest BCUT2D eigenvalue weighted by Crippen LogP contribution is 2.25. The van der Waals surface area contributed by atoms with Crippen molar-refractivity contribution in [3.05, 3.63) is 39.9 Å². The van der Waals surface area contributed by atoms with Crippen molar-refractivity contribution < 1.29 is 9.53 Å². The van der Waals surface area contributed by atoms with E-state index in [1.807, 2.05) is 6.07 Å². The predicted molar refractivity (Wildman–Crippen MR) is 70.2 cm³/mol. The van der Waals surface area contributed by atoms with Crippen molar-refractivity contribution in [3.63, 3.8) is 0 Å². The molecule has 0 atom stereocenters. The van der Waals surface area contributed by atoms with Gasteiger partial charge < -0.3 is 4.74 Å². The molecular formula is C12H10Cl2N2O2. The number of benzene rings is 1. The lowest BCUT2D eigenvalue weighted by Gasteiger charge is -2.10. The van der Waals surface area contributed by atoms with Gasteiger partial charge in [0.1, 0.15) is 0 Å². The van der Waals surface area contributed by atoms with Crippen LogP contribution in [0, 0.1) is 11.3 Å². The van der Waals surface area contributed by atoms with Crippen molar-refractivity contribution in [1.82, 2.24) is 5.32 Å². The Morgan fingerprint density at radius 3 is 2.83 bits per heavy atom. The smallest absolute Gasteiger partial charge is 0.411 e. The molecule has 0 fully saturated rings. The minimum atomic E-state index is -0.648. The highest BCUT2D eigenvalue weighted by atomic mass is 35.5. The highest BCUT2D eigenvalue weighted by molar-refractivity contribution is 6.35. The Hall–Kier alpha value is -1.70. The molecule has 0 unspecified atom stereocenters. The summed E-state index contributed by atoms with van der Waals surface area (Å²) in [5.74, 6) is 0. The summed E-state index contributed by atoms with van der Waals surface area (Å²) >= 11 is 11.8. The first-order valence-electron chi connectivity index (χ1n) is 5.07. The van der Waals surface area contributed by atoms with E-state index in [9.17, 15) is 4.79 Å². The summed E-state index contributed by atoms with van der Waals surface area (Å²) < 4.78 is 4.73. The van der Waals surface area contributed by atoms with E-state index in [4.69, 9.17) is 33.2 Å². The fourth-order valence-corrected chi connectivity index (χ4v) is 1.74. The van der Waals surface area contributed by atoms with Crippen LogP contribution >= 0.6 is 23.2 Å². The molecule has 0 saturated heterocycles. The molecule has 0 spiro atoms. The van der Waals surface area contributed by atoms with E-state index in [0.717, 1.165) is 0 Å². The number of ether oxygens (including phenoxy) is 1. The molecule has 0 radical (unpaired) electrons. The van der Waals surface area contributed by atoms with E-state index in [1.165, 1.54) is 12.1 Å². The Labute approximate surface area is 115 Å². The number of hydrogen-bond acceptors (Lipinski definition) is 3. The molecule has 0 heterocycles. The number of carbonyl (C=O) groups excluding carboxylic acids is 1. The van der Waals surface area contributed by atoms with Gasteiger partial charge in [0.2, 0.25) is 0 Å². The van der Waals surface area contributed by atoms with Crippen molar-refractivity contribution in [3.8, 4) is 6.07 Å². The zero-order chi connectivity index (χ0) is 13.5. The molecule has 18 heavy (non-hydrogen) atoms. The molecule has 0 bridgehead atoms. The van der Waals surface area contributed by atoms with E-state index in [-0.39, 0.29) is 12.3 Å². The zero-order valence-electron chi connectivity index (χ0n) is 9.54. The number of hydrogen-bond donors (Lipinski definition) is 1. The molecule has 0 aliphatic heterocycles. The maximum absolute atomic E-state index is 11.3. The fourth-order valence-electron chi connectivity index (χ4n) is 1.23. The van der Waals surface area contributed by atoms with Gasteiger partial charge in [-0.15, -0.1) is 0 Å². The van der Waals surface area contributed by atoms with E-state index < -0.39 is 6.09 Å². The Morgan fingerprint density at radius 1 is 1.56 bits per heavy atom. The first-order chi connectivity index (χ1) is 8.58. The maximum Gasteiger partial charge on any atom is 0.411 e. The standard InChI is InChI=1S/C12H10Cl2N2O2/c1-2-18-12(17)16-11(5-6-15)9-4-3-8(13)7-10(9)14/h3-5,7H,2H2,1H3,(H,16,17)/b11-5-. The summed E-state index contributed by atoms with van der Waals surface area (Å²) in [6, 6.07) is 6.58. The molecule has 1 amide bonds. The van der Waals surface area contributed by atoms with Crippen LogP contribution in [-0.2, 0) is 4.74 Å². The van der Waals surface area contributed by atoms with Crippen LogP contribution in [0.4, 0.5) is 4.79 Å². The Morgan fingerprint density at radius 2 is 2.28 bits per heavy atom. The topological polar surface area (TPSA) is 62.1 Å².